The molecule has 1 aromatic carbocycles. The first-order valence-corrected chi connectivity index (χ1v) is 8.89. The van der Waals surface area contributed by atoms with Gasteiger partial charge in [0.2, 0.25) is 11.8 Å². The predicted molar refractivity (Wildman–Crippen MR) is 95.5 cm³/mol. The fourth-order valence-corrected chi connectivity index (χ4v) is 3.07. The molecule has 2 unspecified atom stereocenters. The average Bonchev–Trinajstić information content (AvgIpc) is 3.12. The molecule has 1 aliphatic rings. The minimum Gasteiger partial charge on any atom is -0.349 e. The topological polar surface area (TPSA) is 85.2 Å². The number of benzene rings is 1. The first-order chi connectivity index (χ1) is 12.2. The maximum absolute atomic E-state index is 12.1. The first kappa shape index (κ1) is 18.9. The minimum atomic E-state index is -0.297. The molecule has 1 fully saturated rings. The molecule has 6 heteroatoms. The highest BCUT2D eigenvalue weighted by molar-refractivity contribution is 5.79. The highest BCUT2D eigenvalue weighted by Crippen LogP contribution is 2.16. The van der Waals surface area contributed by atoms with E-state index in [-0.39, 0.29) is 30.4 Å². The Labute approximate surface area is 149 Å². The van der Waals surface area contributed by atoms with Crippen LogP contribution in [-0.4, -0.2) is 42.4 Å². The predicted octanol–water partition coefficient (Wildman–Crippen LogP) is 1.75. The summed E-state index contributed by atoms with van der Waals surface area (Å²) in [5, 5.41) is 15.0. The highest BCUT2D eigenvalue weighted by atomic mass is 16.2. The van der Waals surface area contributed by atoms with Crippen molar-refractivity contribution in [2.75, 3.05) is 19.6 Å². The van der Waals surface area contributed by atoms with Gasteiger partial charge in [-0.2, -0.15) is 5.26 Å². The molecular formula is C19H26N4O2. The summed E-state index contributed by atoms with van der Waals surface area (Å²) in [5.41, 5.74) is 1.10. The molecule has 1 heterocycles. The lowest BCUT2D eigenvalue weighted by Gasteiger charge is -2.20. The number of nitrogens with one attached hydrogen (secondary N) is 2. The van der Waals surface area contributed by atoms with Crippen LogP contribution in [0.25, 0.3) is 0 Å². The Bertz CT molecular complexity index is 612. The summed E-state index contributed by atoms with van der Waals surface area (Å²) in [6, 6.07) is 11.8. The molecule has 2 N–H and O–H groups in total. The van der Waals surface area contributed by atoms with Crippen molar-refractivity contribution in [2.24, 2.45) is 0 Å². The van der Waals surface area contributed by atoms with Gasteiger partial charge < -0.3 is 15.5 Å². The second-order valence-corrected chi connectivity index (χ2v) is 6.24. The van der Waals surface area contributed by atoms with Gasteiger partial charge in [0.25, 0.3) is 0 Å². The van der Waals surface area contributed by atoms with E-state index in [0.29, 0.717) is 19.5 Å². The van der Waals surface area contributed by atoms with Crippen molar-refractivity contribution in [3.63, 3.8) is 0 Å². The molecule has 0 bridgehead atoms. The van der Waals surface area contributed by atoms with E-state index in [0.717, 1.165) is 24.8 Å². The molecule has 1 aromatic rings. The third kappa shape index (κ3) is 5.57. The third-order valence-corrected chi connectivity index (χ3v) is 4.47. The monoisotopic (exact) mass is 342 g/mol. The van der Waals surface area contributed by atoms with Crippen LogP contribution in [0.1, 0.15) is 44.2 Å². The average molecular weight is 342 g/mol. The van der Waals surface area contributed by atoms with Crippen LogP contribution in [-0.2, 0) is 9.59 Å². The number of amides is 2. The van der Waals surface area contributed by atoms with Crippen LogP contribution in [0.2, 0.25) is 0 Å². The van der Waals surface area contributed by atoms with E-state index in [9.17, 15) is 9.59 Å². The smallest absolute Gasteiger partial charge is 0.237 e. The lowest BCUT2D eigenvalue weighted by atomic mass is 10.0. The van der Waals surface area contributed by atoms with Gasteiger partial charge >= 0.3 is 0 Å². The maximum Gasteiger partial charge on any atom is 0.237 e. The summed E-state index contributed by atoms with van der Waals surface area (Å²) < 4.78 is 0. The minimum absolute atomic E-state index is 0.0105. The summed E-state index contributed by atoms with van der Waals surface area (Å²) in [5.74, 6) is -0.105. The first-order valence-electron chi connectivity index (χ1n) is 8.89. The molecule has 0 aromatic heterocycles. The molecular weight excluding hydrogens is 316 g/mol. The quantitative estimate of drug-likeness (QED) is 0.705. The zero-order valence-corrected chi connectivity index (χ0v) is 14.7. The largest absolute Gasteiger partial charge is 0.349 e. The van der Waals surface area contributed by atoms with Gasteiger partial charge in [0.1, 0.15) is 6.04 Å². The van der Waals surface area contributed by atoms with Crippen molar-refractivity contribution in [3.05, 3.63) is 35.9 Å². The molecule has 0 saturated carbocycles. The maximum atomic E-state index is 12.1. The number of carbonyl (C=O) groups is 2. The van der Waals surface area contributed by atoms with Crippen LogP contribution in [0.4, 0.5) is 0 Å². The number of likely N-dealkylation sites (tertiary alicyclic amines) is 1. The fraction of sp³-hybridized carbons (Fsp3) is 0.526. The van der Waals surface area contributed by atoms with Crippen LogP contribution in [0.15, 0.2) is 30.3 Å². The van der Waals surface area contributed by atoms with E-state index in [2.05, 4.69) is 16.7 Å². The van der Waals surface area contributed by atoms with Crippen LogP contribution in [0.3, 0.4) is 0 Å². The number of nitrogens with zero attached hydrogens (tertiary/aromatic N) is 2. The molecule has 2 atom stereocenters. The Morgan fingerprint density at radius 3 is 2.80 bits per heavy atom. The number of nitriles is 1. The normalized spacial score (nSPS) is 17.8. The van der Waals surface area contributed by atoms with Crippen molar-refractivity contribution in [3.8, 4) is 6.07 Å². The van der Waals surface area contributed by atoms with Crippen LogP contribution >= 0.6 is 0 Å². The van der Waals surface area contributed by atoms with Gasteiger partial charge in [-0.3, -0.25) is 9.59 Å². The summed E-state index contributed by atoms with van der Waals surface area (Å²) in [4.78, 5) is 25.8. The van der Waals surface area contributed by atoms with Gasteiger partial charge in [0, 0.05) is 19.5 Å². The molecule has 134 valence electrons. The SMILES string of the molecule is CCC(NC(=O)CCNCC(=O)N1CCCC1C#N)c1ccccc1. The van der Waals surface area contributed by atoms with Crippen molar-refractivity contribution in [1.82, 2.24) is 15.5 Å². The lowest BCUT2D eigenvalue weighted by Crippen LogP contribution is -2.41. The zero-order valence-electron chi connectivity index (χ0n) is 14.7. The van der Waals surface area contributed by atoms with Crippen molar-refractivity contribution in [2.45, 2.75) is 44.7 Å². The standard InChI is InChI=1S/C19H26N4O2/c1-2-17(15-7-4-3-5-8-15)22-18(24)10-11-21-14-19(25)23-12-6-9-16(23)13-20/h3-5,7-8,16-17,21H,2,6,9-12,14H2,1H3,(H,22,24). The van der Waals surface area contributed by atoms with Gasteiger partial charge in [-0.25, -0.2) is 0 Å². The zero-order chi connectivity index (χ0) is 18.1. The van der Waals surface area contributed by atoms with Crippen molar-refractivity contribution in [1.29, 1.82) is 5.26 Å². The summed E-state index contributed by atoms with van der Waals surface area (Å²) in [6.07, 6.45) is 2.78. The highest BCUT2D eigenvalue weighted by Gasteiger charge is 2.27. The van der Waals surface area contributed by atoms with Gasteiger partial charge in [0.05, 0.1) is 18.7 Å². The molecule has 25 heavy (non-hydrogen) atoms. The molecule has 0 aliphatic carbocycles. The molecule has 0 spiro atoms. The molecule has 2 amide bonds. The van der Waals surface area contributed by atoms with Gasteiger partial charge in [-0.15, -0.1) is 0 Å². The van der Waals surface area contributed by atoms with Gasteiger partial charge in [-0.05, 0) is 24.8 Å². The lowest BCUT2D eigenvalue weighted by molar-refractivity contribution is -0.130. The summed E-state index contributed by atoms with van der Waals surface area (Å²) >= 11 is 0. The molecule has 1 aliphatic heterocycles. The Balaban J connectivity index is 1.68. The summed E-state index contributed by atoms with van der Waals surface area (Å²) in [7, 11) is 0. The van der Waals surface area contributed by atoms with E-state index in [1.807, 2.05) is 37.3 Å². The number of hydrogen-bond acceptors (Lipinski definition) is 4. The Morgan fingerprint density at radius 2 is 2.12 bits per heavy atom. The Kier molecular flexibility index (Phi) is 7.42. The van der Waals surface area contributed by atoms with Crippen molar-refractivity contribution < 1.29 is 9.59 Å². The molecule has 6 nitrogen and oxygen atoms in total. The van der Waals surface area contributed by atoms with Gasteiger partial charge in [-0.1, -0.05) is 37.3 Å². The van der Waals surface area contributed by atoms with E-state index >= 15 is 0 Å². The van der Waals surface area contributed by atoms with E-state index in [1.54, 1.807) is 4.90 Å². The van der Waals surface area contributed by atoms with E-state index in [4.69, 9.17) is 5.26 Å². The van der Waals surface area contributed by atoms with Crippen LogP contribution in [0.5, 0.6) is 0 Å². The second-order valence-electron chi connectivity index (χ2n) is 6.24. The van der Waals surface area contributed by atoms with Crippen molar-refractivity contribution >= 4 is 11.8 Å². The Hall–Kier alpha value is -2.39. The number of carbonyl (C=O) groups excluding carboxylic acids is 2. The Morgan fingerprint density at radius 1 is 1.36 bits per heavy atom. The molecule has 0 radical (unpaired) electrons. The molecule has 1 saturated heterocycles. The third-order valence-electron chi connectivity index (χ3n) is 4.47. The number of hydrogen-bond donors (Lipinski definition) is 2. The second kappa shape index (κ2) is 9.80. The van der Waals surface area contributed by atoms with E-state index < -0.39 is 0 Å². The fourth-order valence-electron chi connectivity index (χ4n) is 3.07. The number of rotatable bonds is 8. The molecule has 2 rings (SSSR count). The van der Waals surface area contributed by atoms with Crippen LogP contribution in [0, 0.1) is 11.3 Å². The summed E-state index contributed by atoms with van der Waals surface area (Å²) in [6.45, 7) is 3.29. The van der Waals surface area contributed by atoms with Crippen LogP contribution < -0.4 is 10.6 Å². The van der Waals surface area contributed by atoms with E-state index in [1.165, 1.54) is 0 Å². The van der Waals surface area contributed by atoms with Gasteiger partial charge in [0.15, 0.2) is 0 Å².